The van der Waals surface area contributed by atoms with E-state index in [4.69, 9.17) is 4.42 Å². The van der Waals surface area contributed by atoms with Crippen molar-refractivity contribution in [2.75, 3.05) is 20.6 Å². The van der Waals surface area contributed by atoms with E-state index in [1.807, 2.05) is 17.5 Å². The molecule has 0 aliphatic rings. The SMILES string of the molecule is CN(C)S(=O)(=O)c1ccc(C(=O)NCC(O)c2cc(-c3ccco3)cs2)cc1. The van der Waals surface area contributed by atoms with Gasteiger partial charge in [-0.2, -0.15) is 0 Å². The summed E-state index contributed by atoms with van der Waals surface area (Å²) in [5, 5.41) is 14.9. The number of amides is 1. The number of aliphatic hydroxyl groups is 1. The van der Waals surface area contributed by atoms with Gasteiger partial charge < -0.3 is 14.8 Å². The molecule has 3 aromatic rings. The topological polar surface area (TPSA) is 99.9 Å². The highest BCUT2D eigenvalue weighted by Crippen LogP contribution is 2.29. The maximum atomic E-state index is 12.3. The third kappa shape index (κ3) is 4.33. The predicted octanol–water partition coefficient (Wildman–Crippen LogP) is 2.72. The van der Waals surface area contributed by atoms with E-state index in [9.17, 15) is 18.3 Å². The number of nitrogens with one attached hydrogen (secondary N) is 1. The summed E-state index contributed by atoms with van der Waals surface area (Å²) in [6.45, 7) is 0.0364. The fraction of sp³-hybridized carbons (Fsp3) is 0.211. The molecule has 1 aromatic carbocycles. The predicted molar refractivity (Wildman–Crippen MR) is 107 cm³/mol. The molecule has 0 radical (unpaired) electrons. The first-order valence-electron chi connectivity index (χ1n) is 8.40. The lowest BCUT2D eigenvalue weighted by Crippen LogP contribution is -2.28. The summed E-state index contributed by atoms with van der Waals surface area (Å²) in [6, 6.07) is 11.1. The molecule has 7 nitrogen and oxygen atoms in total. The summed E-state index contributed by atoms with van der Waals surface area (Å²) in [5.74, 6) is 0.321. The first-order valence-corrected chi connectivity index (χ1v) is 10.7. The zero-order valence-electron chi connectivity index (χ0n) is 15.3. The fourth-order valence-corrected chi connectivity index (χ4v) is 4.27. The number of hydrogen-bond donors (Lipinski definition) is 2. The summed E-state index contributed by atoms with van der Waals surface area (Å²) < 4.78 is 30.6. The standard InChI is InChI=1S/C19H20N2O5S2/c1-21(2)28(24,25)15-7-5-13(6-8-15)19(23)20-11-16(22)18-10-14(12-27-18)17-4-3-9-26-17/h3-10,12,16,22H,11H2,1-2H3,(H,20,23). The molecular formula is C19H20N2O5S2. The Bertz CT molecular complexity index is 1040. The molecule has 1 amide bonds. The molecule has 0 aliphatic carbocycles. The van der Waals surface area contributed by atoms with E-state index in [1.165, 1.54) is 49.7 Å². The van der Waals surface area contributed by atoms with Crippen molar-refractivity contribution in [1.29, 1.82) is 0 Å². The van der Waals surface area contributed by atoms with E-state index in [2.05, 4.69) is 5.32 Å². The minimum Gasteiger partial charge on any atom is -0.464 e. The summed E-state index contributed by atoms with van der Waals surface area (Å²) in [6.07, 6.45) is 0.726. The molecule has 0 saturated carbocycles. The maximum absolute atomic E-state index is 12.3. The minimum absolute atomic E-state index is 0.0364. The lowest BCUT2D eigenvalue weighted by molar-refractivity contribution is 0.0918. The number of carbonyl (C=O) groups excluding carboxylic acids is 1. The normalized spacial score (nSPS) is 12.9. The van der Waals surface area contributed by atoms with Crippen LogP contribution in [0.1, 0.15) is 21.3 Å². The number of hydrogen-bond acceptors (Lipinski definition) is 6. The van der Waals surface area contributed by atoms with Gasteiger partial charge in [0.25, 0.3) is 5.91 Å². The third-order valence-electron chi connectivity index (χ3n) is 4.10. The van der Waals surface area contributed by atoms with Gasteiger partial charge in [-0.3, -0.25) is 4.79 Å². The Kier molecular flexibility index (Phi) is 5.99. The van der Waals surface area contributed by atoms with Gasteiger partial charge in [-0.05, 0) is 42.5 Å². The maximum Gasteiger partial charge on any atom is 0.251 e. The van der Waals surface area contributed by atoms with Gasteiger partial charge in [0.05, 0.1) is 11.2 Å². The second-order valence-corrected chi connectivity index (χ2v) is 9.35. The molecule has 0 bridgehead atoms. The molecule has 148 valence electrons. The van der Waals surface area contributed by atoms with Crippen molar-refractivity contribution >= 4 is 27.3 Å². The van der Waals surface area contributed by atoms with Crippen LogP contribution < -0.4 is 5.32 Å². The molecular weight excluding hydrogens is 400 g/mol. The lowest BCUT2D eigenvalue weighted by Gasteiger charge is -2.12. The molecule has 0 saturated heterocycles. The first-order chi connectivity index (χ1) is 13.3. The zero-order valence-corrected chi connectivity index (χ0v) is 17.0. The van der Waals surface area contributed by atoms with Crippen molar-refractivity contribution in [3.63, 3.8) is 0 Å². The Morgan fingerprint density at radius 3 is 2.57 bits per heavy atom. The van der Waals surface area contributed by atoms with Crippen LogP contribution in [0.4, 0.5) is 0 Å². The fourth-order valence-electron chi connectivity index (χ4n) is 2.48. The van der Waals surface area contributed by atoms with E-state index in [1.54, 1.807) is 12.3 Å². The Morgan fingerprint density at radius 2 is 1.96 bits per heavy atom. The molecule has 1 unspecified atom stereocenters. The van der Waals surface area contributed by atoms with Gasteiger partial charge in [-0.25, -0.2) is 12.7 Å². The van der Waals surface area contributed by atoms with Crippen LogP contribution in [0.25, 0.3) is 11.3 Å². The molecule has 3 rings (SSSR count). The zero-order chi connectivity index (χ0) is 20.3. The van der Waals surface area contributed by atoms with Gasteiger partial charge >= 0.3 is 0 Å². The quantitative estimate of drug-likeness (QED) is 0.612. The van der Waals surface area contributed by atoms with Gasteiger partial charge in [0, 0.05) is 42.0 Å². The monoisotopic (exact) mass is 420 g/mol. The molecule has 28 heavy (non-hydrogen) atoms. The van der Waals surface area contributed by atoms with Crippen LogP contribution in [0.5, 0.6) is 0 Å². The molecule has 2 heterocycles. The summed E-state index contributed by atoms with van der Waals surface area (Å²) >= 11 is 1.38. The summed E-state index contributed by atoms with van der Waals surface area (Å²) in [7, 11) is -0.655. The molecule has 0 aliphatic heterocycles. The average molecular weight is 421 g/mol. The van der Waals surface area contributed by atoms with E-state index >= 15 is 0 Å². The second kappa shape index (κ2) is 8.27. The summed E-state index contributed by atoms with van der Waals surface area (Å²) in [5.41, 5.74) is 1.18. The van der Waals surface area contributed by atoms with Crippen LogP contribution in [-0.2, 0) is 10.0 Å². The van der Waals surface area contributed by atoms with Crippen LogP contribution in [0.3, 0.4) is 0 Å². The molecule has 2 N–H and O–H groups in total. The highest BCUT2D eigenvalue weighted by molar-refractivity contribution is 7.89. The Hall–Kier alpha value is -2.46. The second-order valence-electron chi connectivity index (χ2n) is 6.25. The first kappa shape index (κ1) is 20.3. The Morgan fingerprint density at radius 1 is 1.25 bits per heavy atom. The van der Waals surface area contributed by atoms with Gasteiger partial charge in [0.15, 0.2) is 0 Å². The number of nitrogens with zero attached hydrogens (tertiary/aromatic N) is 1. The minimum atomic E-state index is -3.54. The van der Waals surface area contributed by atoms with Gasteiger partial charge in [-0.1, -0.05) is 0 Å². The van der Waals surface area contributed by atoms with Crippen molar-refractivity contribution in [3.8, 4) is 11.3 Å². The van der Waals surface area contributed by atoms with Crippen molar-refractivity contribution in [3.05, 3.63) is 64.5 Å². The highest BCUT2D eigenvalue weighted by Gasteiger charge is 2.18. The van der Waals surface area contributed by atoms with Crippen molar-refractivity contribution in [2.45, 2.75) is 11.0 Å². The molecule has 0 fully saturated rings. The smallest absolute Gasteiger partial charge is 0.251 e. The van der Waals surface area contributed by atoms with Crippen molar-refractivity contribution in [1.82, 2.24) is 9.62 Å². The van der Waals surface area contributed by atoms with Crippen LogP contribution in [-0.4, -0.2) is 44.4 Å². The number of thiophene rings is 1. The molecule has 0 spiro atoms. The Balaban J connectivity index is 1.61. The van der Waals surface area contributed by atoms with Crippen LogP contribution in [0, 0.1) is 0 Å². The van der Waals surface area contributed by atoms with E-state index in [-0.39, 0.29) is 11.4 Å². The molecule has 1 atom stereocenters. The van der Waals surface area contributed by atoms with E-state index in [0.717, 1.165) is 9.87 Å². The van der Waals surface area contributed by atoms with E-state index in [0.29, 0.717) is 16.2 Å². The van der Waals surface area contributed by atoms with Gasteiger partial charge in [0.2, 0.25) is 10.0 Å². The van der Waals surface area contributed by atoms with Gasteiger partial charge in [-0.15, -0.1) is 11.3 Å². The lowest BCUT2D eigenvalue weighted by atomic mass is 10.2. The molecule has 9 heteroatoms. The number of benzene rings is 1. The van der Waals surface area contributed by atoms with Crippen molar-refractivity contribution in [2.24, 2.45) is 0 Å². The van der Waals surface area contributed by atoms with Crippen LogP contribution in [0.15, 0.2) is 63.4 Å². The number of carbonyl (C=O) groups is 1. The number of aliphatic hydroxyl groups excluding tert-OH is 1. The van der Waals surface area contributed by atoms with Crippen molar-refractivity contribution < 1.29 is 22.7 Å². The van der Waals surface area contributed by atoms with Crippen LogP contribution in [0.2, 0.25) is 0 Å². The van der Waals surface area contributed by atoms with Gasteiger partial charge in [0.1, 0.15) is 11.9 Å². The molecule has 2 aromatic heterocycles. The highest BCUT2D eigenvalue weighted by atomic mass is 32.2. The average Bonchev–Trinajstić information content (AvgIpc) is 3.37. The number of rotatable bonds is 7. The van der Waals surface area contributed by atoms with E-state index < -0.39 is 22.0 Å². The Labute approximate surface area is 167 Å². The largest absolute Gasteiger partial charge is 0.464 e. The number of furan rings is 1. The summed E-state index contributed by atoms with van der Waals surface area (Å²) in [4.78, 5) is 13.1. The third-order valence-corrected chi connectivity index (χ3v) is 6.97. The van der Waals surface area contributed by atoms with Crippen LogP contribution >= 0.6 is 11.3 Å². The number of sulfonamides is 1.